The van der Waals surface area contributed by atoms with Crippen LogP contribution >= 0.6 is 0 Å². The van der Waals surface area contributed by atoms with Gasteiger partial charge in [-0.05, 0) is 19.9 Å². The van der Waals surface area contributed by atoms with Gasteiger partial charge in [-0.1, -0.05) is 13.8 Å². The van der Waals surface area contributed by atoms with Crippen LogP contribution in [0.5, 0.6) is 0 Å². The third kappa shape index (κ3) is 4.62. The second-order valence-electron chi connectivity index (χ2n) is 3.81. The Balaban J connectivity index is 4.32. The molecule has 4 heteroatoms. The van der Waals surface area contributed by atoms with Gasteiger partial charge in [0.15, 0.2) is 0 Å². The van der Waals surface area contributed by atoms with Crippen molar-refractivity contribution in [2.75, 3.05) is 26.8 Å². The summed E-state index contributed by atoms with van der Waals surface area (Å²) in [7, 11) is 1.40. The molecule has 1 N–H and O–H groups in total. The highest BCUT2D eigenvalue weighted by atomic mass is 16.5. The van der Waals surface area contributed by atoms with Crippen molar-refractivity contribution in [3.63, 3.8) is 0 Å². The third-order valence-electron chi connectivity index (χ3n) is 2.77. The Kier molecular flexibility index (Phi) is 7.34. The summed E-state index contributed by atoms with van der Waals surface area (Å²) in [6, 6.07) is 0.101. The number of rotatable bonds is 7. The van der Waals surface area contributed by atoms with Crippen molar-refractivity contribution in [2.24, 2.45) is 5.92 Å². The molecule has 0 aromatic heterocycles. The molecule has 0 amide bonds. The van der Waals surface area contributed by atoms with E-state index in [4.69, 9.17) is 9.84 Å². The fourth-order valence-corrected chi connectivity index (χ4v) is 1.63. The lowest BCUT2D eigenvalue weighted by Crippen LogP contribution is -2.42. The number of ether oxygens (including phenoxy) is 1. The lowest BCUT2D eigenvalue weighted by atomic mass is 10.0. The van der Waals surface area contributed by atoms with Crippen LogP contribution in [-0.2, 0) is 9.53 Å². The minimum absolute atomic E-state index is 0.101. The SMILES string of the molecule is CCCN(CCO)C(C)C(C)C(=O)OC. The number of nitrogens with zero attached hydrogens (tertiary/aromatic N) is 1. The summed E-state index contributed by atoms with van der Waals surface area (Å²) in [5.74, 6) is -0.352. The fraction of sp³-hybridized carbons (Fsp3) is 0.909. The molecule has 0 aromatic carbocycles. The second kappa shape index (κ2) is 7.65. The molecular formula is C11H23NO3. The molecule has 0 aliphatic heterocycles. The van der Waals surface area contributed by atoms with Gasteiger partial charge in [0.05, 0.1) is 19.6 Å². The van der Waals surface area contributed by atoms with E-state index in [1.165, 1.54) is 7.11 Å². The van der Waals surface area contributed by atoms with Crippen molar-refractivity contribution in [3.8, 4) is 0 Å². The van der Waals surface area contributed by atoms with Gasteiger partial charge in [-0.25, -0.2) is 0 Å². The standard InChI is InChI=1S/C11H23NO3/c1-5-6-12(7-8-13)10(3)9(2)11(14)15-4/h9-10,13H,5-8H2,1-4H3. The van der Waals surface area contributed by atoms with Crippen LogP contribution in [0.3, 0.4) is 0 Å². The number of aliphatic hydroxyl groups excluding tert-OH is 1. The van der Waals surface area contributed by atoms with Crippen molar-refractivity contribution < 1.29 is 14.6 Å². The molecule has 0 aliphatic carbocycles. The first-order valence-corrected chi connectivity index (χ1v) is 5.51. The van der Waals surface area contributed by atoms with E-state index in [1.54, 1.807) is 0 Å². The molecule has 0 aliphatic rings. The van der Waals surface area contributed by atoms with E-state index in [-0.39, 0.29) is 24.5 Å². The summed E-state index contributed by atoms with van der Waals surface area (Å²) in [5, 5.41) is 8.93. The van der Waals surface area contributed by atoms with E-state index < -0.39 is 0 Å². The molecule has 2 unspecified atom stereocenters. The van der Waals surface area contributed by atoms with Gasteiger partial charge in [-0.15, -0.1) is 0 Å². The zero-order chi connectivity index (χ0) is 11.8. The molecule has 0 saturated heterocycles. The topological polar surface area (TPSA) is 49.8 Å². The lowest BCUT2D eigenvalue weighted by Gasteiger charge is -2.31. The quantitative estimate of drug-likeness (QED) is 0.643. The first-order valence-electron chi connectivity index (χ1n) is 5.51. The first kappa shape index (κ1) is 14.4. The molecule has 0 radical (unpaired) electrons. The van der Waals surface area contributed by atoms with E-state index >= 15 is 0 Å². The monoisotopic (exact) mass is 217 g/mol. The first-order chi connectivity index (χ1) is 7.08. The van der Waals surface area contributed by atoms with Gasteiger partial charge in [-0.3, -0.25) is 9.69 Å². The normalized spacial score (nSPS) is 15.1. The molecule has 0 spiro atoms. The Morgan fingerprint density at radius 2 is 2.00 bits per heavy atom. The molecule has 0 aromatic rings. The Bertz CT molecular complexity index is 179. The summed E-state index contributed by atoms with van der Waals surface area (Å²) >= 11 is 0. The van der Waals surface area contributed by atoms with Gasteiger partial charge in [-0.2, -0.15) is 0 Å². The van der Waals surface area contributed by atoms with Crippen LogP contribution in [0.25, 0.3) is 0 Å². The van der Waals surface area contributed by atoms with Gasteiger partial charge < -0.3 is 9.84 Å². The van der Waals surface area contributed by atoms with E-state index in [2.05, 4.69) is 11.8 Å². The number of carbonyl (C=O) groups is 1. The predicted molar refractivity (Wildman–Crippen MR) is 59.6 cm³/mol. The number of methoxy groups -OCH3 is 1. The number of esters is 1. The summed E-state index contributed by atoms with van der Waals surface area (Å²) in [6.07, 6.45) is 1.01. The Morgan fingerprint density at radius 3 is 2.40 bits per heavy atom. The van der Waals surface area contributed by atoms with Crippen molar-refractivity contribution >= 4 is 5.97 Å². The summed E-state index contributed by atoms with van der Waals surface area (Å²) in [5.41, 5.74) is 0. The largest absolute Gasteiger partial charge is 0.469 e. The number of aliphatic hydroxyl groups is 1. The van der Waals surface area contributed by atoms with Crippen LogP contribution in [0, 0.1) is 5.92 Å². The van der Waals surface area contributed by atoms with Gasteiger partial charge >= 0.3 is 5.97 Å². The van der Waals surface area contributed by atoms with Crippen molar-refractivity contribution in [2.45, 2.75) is 33.2 Å². The van der Waals surface area contributed by atoms with Gasteiger partial charge in [0.25, 0.3) is 0 Å². The highest BCUT2D eigenvalue weighted by Gasteiger charge is 2.25. The minimum Gasteiger partial charge on any atom is -0.469 e. The zero-order valence-electron chi connectivity index (χ0n) is 10.2. The predicted octanol–water partition coefficient (Wildman–Crippen LogP) is 0.888. The number of carbonyl (C=O) groups excluding carboxylic acids is 1. The van der Waals surface area contributed by atoms with Crippen molar-refractivity contribution in [3.05, 3.63) is 0 Å². The smallest absolute Gasteiger partial charge is 0.309 e. The highest BCUT2D eigenvalue weighted by molar-refractivity contribution is 5.72. The summed E-state index contributed by atoms with van der Waals surface area (Å²) in [4.78, 5) is 13.5. The van der Waals surface area contributed by atoms with Gasteiger partial charge in [0, 0.05) is 12.6 Å². The van der Waals surface area contributed by atoms with Crippen LogP contribution in [0.15, 0.2) is 0 Å². The van der Waals surface area contributed by atoms with E-state index in [1.807, 2.05) is 13.8 Å². The van der Waals surface area contributed by atoms with E-state index in [0.29, 0.717) is 6.54 Å². The van der Waals surface area contributed by atoms with Crippen LogP contribution in [0.1, 0.15) is 27.2 Å². The zero-order valence-corrected chi connectivity index (χ0v) is 10.2. The van der Waals surface area contributed by atoms with Gasteiger partial charge in [0.2, 0.25) is 0 Å². The number of hydrogen-bond acceptors (Lipinski definition) is 4. The van der Waals surface area contributed by atoms with Crippen LogP contribution in [0.2, 0.25) is 0 Å². The maximum absolute atomic E-state index is 11.4. The van der Waals surface area contributed by atoms with Crippen molar-refractivity contribution in [1.82, 2.24) is 4.90 Å². The maximum Gasteiger partial charge on any atom is 0.309 e. The maximum atomic E-state index is 11.4. The van der Waals surface area contributed by atoms with Crippen LogP contribution in [-0.4, -0.2) is 48.8 Å². The fourth-order valence-electron chi connectivity index (χ4n) is 1.63. The van der Waals surface area contributed by atoms with Crippen molar-refractivity contribution in [1.29, 1.82) is 0 Å². The molecule has 0 heterocycles. The highest BCUT2D eigenvalue weighted by Crippen LogP contribution is 2.12. The average molecular weight is 217 g/mol. The molecule has 0 bridgehead atoms. The van der Waals surface area contributed by atoms with Crippen LogP contribution in [0.4, 0.5) is 0 Å². The molecule has 0 fully saturated rings. The number of hydrogen-bond donors (Lipinski definition) is 1. The lowest BCUT2D eigenvalue weighted by molar-refractivity contribution is -0.147. The Morgan fingerprint density at radius 1 is 1.40 bits per heavy atom. The van der Waals surface area contributed by atoms with E-state index in [9.17, 15) is 4.79 Å². The molecule has 0 rings (SSSR count). The molecular weight excluding hydrogens is 194 g/mol. The molecule has 2 atom stereocenters. The summed E-state index contributed by atoms with van der Waals surface area (Å²) < 4.78 is 4.71. The van der Waals surface area contributed by atoms with Crippen LogP contribution < -0.4 is 0 Å². The molecule has 15 heavy (non-hydrogen) atoms. The van der Waals surface area contributed by atoms with Gasteiger partial charge in [0.1, 0.15) is 0 Å². The average Bonchev–Trinajstić information content (AvgIpc) is 2.25. The molecule has 4 nitrogen and oxygen atoms in total. The second-order valence-corrected chi connectivity index (χ2v) is 3.81. The molecule has 90 valence electrons. The summed E-state index contributed by atoms with van der Waals surface area (Å²) in [6.45, 7) is 7.56. The minimum atomic E-state index is -0.193. The third-order valence-corrected chi connectivity index (χ3v) is 2.77. The van der Waals surface area contributed by atoms with E-state index in [0.717, 1.165) is 13.0 Å². The molecule has 0 saturated carbocycles. The Labute approximate surface area is 92.2 Å². The Hall–Kier alpha value is -0.610.